The quantitative estimate of drug-likeness (QED) is 0.179. The number of para-hydroxylation sites is 3. The van der Waals surface area contributed by atoms with Gasteiger partial charge >= 0.3 is 0 Å². The Labute approximate surface area is 312 Å². The largest absolute Gasteiger partial charge is 0.455 e. The van der Waals surface area contributed by atoms with Crippen LogP contribution in [0.3, 0.4) is 0 Å². The predicted octanol–water partition coefficient (Wildman–Crippen LogP) is 12.8. The van der Waals surface area contributed by atoms with Crippen LogP contribution < -0.4 is 0 Å². The Morgan fingerprint density at radius 2 is 0.981 bits per heavy atom. The third-order valence-electron chi connectivity index (χ3n) is 12.9. The van der Waals surface area contributed by atoms with Crippen molar-refractivity contribution < 1.29 is 8.83 Å². The van der Waals surface area contributed by atoms with E-state index in [9.17, 15) is 0 Å². The van der Waals surface area contributed by atoms with Crippen LogP contribution in [0.5, 0.6) is 0 Å². The van der Waals surface area contributed by atoms with Crippen molar-refractivity contribution in [2.75, 3.05) is 0 Å². The van der Waals surface area contributed by atoms with Gasteiger partial charge in [0, 0.05) is 27.1 Å². The molecule has 4 aliphatic rings. The lowest BCUT2D eigenvalue weighted by molar-refractivity contribution is -0.00518. The number of hydrogen-bond acceptors (Lipinski definition) is 5. The molecule has 0 amide bonds. The van der Waals surface area contributed by atoms with Gasteiger partial charge in [0.25, 0.3) is 0 Å². The topological polar surface area (TPSA) is 65.0 Å². The first-order chi connectivity index (χ1) is 26.6. The summed E-state index contributed by atoms with van der Waals surface area (Å²) in [7, 11) is 0. The summed E-state index contributed by atoms with van der Waals surface area (Å²) < 4.78 is 13.2. The van der Waals surface area contributed by atoms with Crippen LogP contribution in [0, 0.1) is 17.8 Å². The molecule has 260 valence electrons. The first kappa shape index (κ1) is 30.4. The summed E-state index contributed by atoms with van der Waals surface area (Å²) in [5.41, 5.74) is 9.97. The van der Waals surface area contributed by atoms with Crippen molar-refractivity contribution in [1.82, 2.24) is 15.0 Å². The third kappa shape index (κ3) is 4.67. The van der Waals surface area contributed by atoms with Crippen molar-refractivity contribution in [3.8, 4) is 45.3 Å². The number of hydrogen-bond donors (Lipinski definition) is 0. The summed E-state index contributed by atoms with van der Waals surface area (Å²) in [5, 5.41) is 4.22. The first-order valence-corrected chi connectivity index (χ1v) is 19.4. The monoisotopic (exact) mass is 699 g/mol. The van der Waals surface area contributed by atoms with Gasteiger partial charge in [-0.3, -0.25) is 0 Å². The molecular weight excluding hydrogens is 663 g/mol. The number of fused-ring (bicyclic) bond motifs is 6. The van der Waals surface area contributed by atoms with Crippen LogP contribution in [-0.2, 0) is 5.41 Å². The molecule has 9 aromatic rings. The van der Waals surface area contributed by atoms with Crippen LogP contribution >= 0.6 is 0 Å². The predicted molar refractivity (Wildman–Crippen MR) is 216 cm³/mol. The minimum atomic E-state index is 0.362. The zero-order valence-electron chi connectivity index (χ0n) is 29.8. The van der Waals surface area contributed by atoms with E-state index in [4.69, 9.17) is 23.8 Å². The minimum Gasteiger partial charge on any atom is -0.455 e. The maximum absolute atomic E-state index is 6.67. The highest BCUT2D eigenvalue weighted by atomic mass is 16.3. The molecule has 13 rings (SSSR count). The Balaban J connectivity index is 1.06. The molecule has 3 heterocycles. The fourth-order valence-electron chi connectivity index (χ4n) is 10.9. The van der Waals surface area contributed by atoms with Crippen LogP contribution in [0.15, 0.2) is 142 Å². The molecule has 0 N–H and O–H groups in total. The van der Waals surface area contributed by atoms with Gasteiger partial charge in [0.05, 0.1) is 11.1 Å². The third-order valence-corrected chi connectivity index (χ3v) is 12.9. The highest BCUT2D eigenvalue weighted by Crippen LogP contribution is 2.60. The van der Waals surface area contributed by atoms with Gasteiger partial charge in [0.2, 0.25) is 0 Å². The summed E-state index contributed by atoms with van der Waals surface area (Å²) in [5.74, 6) is 4.46. The van der Waals surface area contributed by atoms with Gasteiger partial charge in [0.15, 0.2) is 17.5 Å². The zero-order chi connectivity index (χ0) is 35.4. The van der Waals surface area contributed by atoms with Gasteiger partial charge in [-0.15, -0.1) is 0 Å². The molecule has 0 aliphatic heterocycles. The fraction of sp³-hybridized carbons (Fsp3) is 0.204. The Bertz CT molecular complexity index is 2890. The van der Waals surface area contributed by atoms with E-state index in [1.165, 1.54) is 49.7 Å². The minimum absolute atomic E-state index is 0.362. The smallest absolute Gasteiger partial charge is 0.167 e. The second-order valence-electron chi connectivity index (χ2n) is 16.2. The van der Waals surface area contributed by atoms with Crippen LogP contribution in [0.25, 0.3) is 89.2 Å². The molecule has 4 saturated carbocycles. The van der Waals surface area contributed by atoms with Gasteiger partial charge in [-0.2, -0.15) is 0 Å². The van der Waals surface area contributed by atoms with Crippen molar-refractivity contribution in [1.29, 1.82) is 0 Å². The van der Waals surface area contributed by atoms with Crippen molar-refractivity contribution in [3.63, 3.8) is 0 Å². The molecule has 4 bridgehead atoms. The number of aromatic nitrogens is 3. The number of rotatable bonds is 5. The van der Waals surface area contributed by atoms with E-state index in [0.29, 0.717) is 22.9 Å². The Morgan fingerprint density at radius 3 is 1.67 bits per heavy atom. The van der Waals surface area contributed by atoms with Crippen LogP contribution in [0.2, 0.25) is 0 Å². The Hall–Kier alpha value is -6.07. The molecule has 0 saturated heterocycles. The summed E-state index contributed by atoms with van der Waals surface area (Å²) >= 11 is 0. The lowest BCUT2D eigenvalue weighted by atomic mass is 9.48. The normalized spacial score (nSPS) is 21.9. The average molecular weight is 700 g/mol. The maximum atomic E-state index is 6.67. The van der Waals surface area contributed by atoms with Crippen molar-refractivity contribution in [3.05, 3.63) is 139 Å². The van der Waals surface area contributed by atoms with E-state index in [1.54, 1.807) is 0 Å². The van der Waals surface area contributed by atoms with E-state index in [0.717, 1.165) is 83.9 Å². The SMILES string of the molecule is c1ccc(-c2nc(-c3cccc4c3oc3ccccc34)nc(-c3cc(-c4ccc(C56CC7CC(CC(C7)C5)C6)cc4)cc4c3oc3ccccc34)n2)cc1. The van der Waals surface area contributed by atoms with E-state index >= 15 is 0 Å². The Morgan fingerprint density at radius 1 is 0.426 bits per heavy atom. The van der Waals surface area contributed by atoms with Crippen LogP contribution in [0.4, 0.5) is 0 Å². The van der Waals surface area contributed by atoms with E-state index in [2.05, 4.69) is 66.7 Å². The molecule has 54 heavy (non-hydrogen) atoms. The molecule has 0 spiro atoms. The van der Waals surface area contributed by atoms with Gasteiger partial charge < -0.3 is 8.83 Å². The van der Waals surface area contributed by atoms with E-state index in [-0.39, 0.29) is 0 Å². The highest BCUT2D eigenvalue weighted by molar-refractivity contribution is 6.11. The fourth-order valence-corrected chi connectivity index (χ4v) is 10.9. The van der Waals surface area contributed by atoms with Crippen molar-refractivity contribution >= 4 is 43.9 Å². The van der Waals surface area contributed by atoms with Crippen molar-refractivity contribution in [2.45, 2.75) is 43.9 Å². The summed E-state index contributed by atoms with van der Waals surface area (Å²) in [4.78, 5) is 15.5. The summed E-state index contributed by atoms with van der Waals surface area (Å²) in [6.07, 6.45) is 8.46. The number of furan rings is 2. The molecule has 4 aliphatic carbocycles. The number of benzene rings is 6. The molecule has 0 unspecified atom stereocenters. The van der Waals surface area contributed by atoms with Gasteiger partial charge in [0.1, 0.15) is 22.3 Å². The zero-order valence-corrected chi connectivity index (χ0v) is 29.8. The lowest BCUT2D eigenvalue weighted by Crippen LogP contribution is -2.48. The van der Waals surface area contributed by atoms with E-state index in [1.807, 2.05) is 66.7 Å². The standard InChI is InChI=1S/C49H37N3O2/c1-2-9-33(10-3-1)46-50-47(39-14-8-13-38-36-11-4-6-15-42(36)53-44(38)39)52-48(51-46)41-25-34(24-40-37-12-5-7-16-43(37)54-45(40)41)32-17-19-35(20-18-32)49-26-29-21-30(27-49)23-31(22-29)28-49/h1-20,24-25,29-31H,21-23,26-28H2. The molecule has 6 aromatic carbocycles. The van der Waals surface area contributed by atoms with Crippen molar-refractivity contribution in [2.24, 2.45) is 17.8 Å². The van der Waals surface area contributed by atoms with Gasteiger partial charge in [-0.25, -0.2) is 15.0 Å². The molecule has 0 radical (unpaired) electrons. The summed E-state index contributed by atoms with van der Waals surface area (Å²) in [6, 6.07) is 46.8. The molecule has 0 atom stereocenters. The van der Waals surface area contributed by atoms with Crippen LogP contribution in [-0.4, -0.2) is 15.0 Å². The molecular formula is C49H37N3O2. The molecule has 3 aromatic heterocycles. The maximum Gasteiger partial charge on any atom is 0.167 e. The average Bonchev–Trinajstić information content (AvgIpc) is 3.79. The number of nitrogens with zero attached hydrogens (tertiary/aromatic N) is 3. The van der Waals surface area contributed by atoms with Gasteiger partial charge in [-0.05, 0) is 109 Å². The lowest BCUT2D eigenvalue weighted by Gasteiger charge is -2.57. The molecule has 4 fully saturated rings. The first-order valence-electron chi connectivity index (χ1n) is 19.4. The van der Waals surface area contributed by atoms with Gasteiger partial charge in [-0.1, -0.05) is 103 Å². The molecule has 5 nitrogen and oxygen atoms in total. The van der Waals surface area contributed by atoms with E-state index < -0.39 is 0 Å². The summed E-state index contributed by atoms with van der Waals surface area (Å²) in [6.45, 7) is 0. The van der Waals surface area contributed by atoms with Crippen LogP contribution in [0.1, 0.15) is 44.1 Å². The second kappa shape index (κ2) is 11.5. The Kier molecular flexibility index (Phi) is 6.45. The second-order valence-corrected chi connectivity index (χ2v) is 16.2. The highest BCUT2D eigenvalue weighted by Gasteiger charge is 2.51. The molecule has 5 heteroatoms.